The van der Waals surface area contributed by atoms with Crippen molar-refractivity contribution >= 4 is 17.2 Å². The molecule has 0 bridgehead atoms. The van der Waals surface area contributed by atoms with Crippen molar-refractivity contribution in [2.24, 2.45) is 0 Å². The highest BCUT2D eigenvalue weighted by Crippen LogP contribution is 2.39. The highest BCUT2D eigenvalue weighted by atomic mass is 35.5. The number of pyridine rings is 1. The van der Waals surface area contributed by atoms with Crippen LogP contribution in [0, 0.1) is 0 Å². The Morgan fingerprint density at radius 2 is 1.89 bits per heavy atom. The molecule has 1 aromatic heterocycles. The first-order valence-electron chi connectivity index (χ1n) is 12.7. The normalized spacial score (nSPS) is 18.3. The average molecular weight is 505 g/mol. The number of benzene rings is 2. The van der Waals surface area contributed by atoms with E-state index in [1.165, 1.54) is 0 Å². The van der Waals surface area contributed by atoms with Gasteiger partial charge >= 0.3 is 0 Å². The Bertz CT molecular complexity index is 1230. The molecule has 0 atom stereocenters. The first kappa shape index (κ1) is 24.8. The van der Waals surface area contributed by atoms with Gasteiger partial charge in [0.25, 0.3) is 0 Å². The fourth-order valence-corrected chi connectivity index (χ4v) is 5.21. The highest BCUT2D eigenvalue weighted by Gasteiger charge is 2.33. The van der Waals surface area contributed by atoms with Crippen molar-refractivity contribution in [3.05, 3.63) is 94.3 Å². The van der Waals surface area contributed by atoms with Crippen molar-refractivity contribution in [1.29, 1.82) is 0 Å². The summed E-state index contributed by atoms with van der Waals surface area (Å²) in [6, 6.07) is 17.7. The van der Waals surface area contributed by atoms with Gasteiger partial charge in [0, 0.05) is 42.0 Å². The predicted octanol–water partition coefficient (Wildman–Crippen LogP) is 6.22. The zero-order valence-corrected chi connectivity index (χ0v) is 21.7. The number of aromatic nitrogens is 1. The molecule has 3 aromatic rings. The minimum Gasteiger partial charge on any atom is -0.491 e. The Kier molecular flexibility index (Phi) is 7.33. The second-order valence-electron chi connectivity index (χ2n) is 9.90. The van der Waals surface area contributed by atoms with Crippen molar-refractivity contribution in [3.63, 3.8) is 0 Å². The number of rotatable bonds is 6. The molecule has 0 radical (unpaired) electrons. The van der Waals surface area contributed by atoms with Crippen LogP contribution in [0.4, 0.5) is 0 Å². The Hall–Kier alpha value is -2.86. The van der Waals surface area contributed by atoms with E-state index < -0.39 is 5.60 Å². The van der Waals surface area contributed by atoms with Crippen LogP contribution < -0.4 is 9.47 Å². The largest absolute Gasteiger partial charge is 0.491 e. The molecule has 0 amide bonds. The molecule has 1 fully saturated rings. The van der Waals surface area contributed by atoms with Gasteiger partial charge in [0.1, 0.15) is 18.1 Å². The molecule has 1 saturated heterocycles. The second-order valence-corrected chi connectivity index (χ2v) is 10.3. The Balaban J connectivity index is 1.32. The lowest BCUT2D eigenvalue weighted by molar-refractivity contribution is -0.0254. The van der Waals surface area contributed by atoms with E-state index in [2.05, 4.69) is 28.1 Å². The molecule has 1 N–H and O–H groups in total. The van der Waals surface area contributed by atoms with Crippen LogP contribution in [0.5, 0.6) is 11.5 Å². The van der Waals surface area contributed by atoms with Gasteiger partial charge < -0.3 is 19.5 Å². The number of nitrogens with zero attached hydrogens (tertiary/aromatic N) is 2. The number of hydrogen-bond acceptors (Lipinski definition) is 5. The molecule has 2 aliphatic heterocycles. The van der Waals surface area contributed by atoms with E-state index in [0.717, 1.165) is 65.5 Å². The number of likely N-dealkylation sites (tertiary alicyclic amines) is 1. The Labute approximate surface area is 218 Å². The third kappa shape index (κ3) is 5.44. The summed E-state index contributed by atoms with van der Waals surface area (Å²) in [5.74, 6) is 1.68. The molecule has 0 spiro atoms. The van der Waals surface area contributed by atoms with Gasteiger partial charge in [-0.1, -0.05) is 35.9 Å². The SMILES string of the molecule is CC(C)Oc1ccc2c(c1)/C(=C/CCN1CCC(O)(c3ccc(Cl)cc3)CC1)c1cccnc1CO2. The number of fused-ring (bicyclic) bond motifs is 2. The predicted molar refractivity (Wildman–Crippen MR) is 143 cm³/mol. The van der Waals surface area contributed by atoms with Gasteiger partial charge in [0.15, 0.2) is 0 Å². The van der Waals surface area contributed by atoms with E-state index in [4.69, 9.17) is 21.1 Å². The molecule has 2 aliphatic rings. The quantitative estimate of drug-likeness (QED) is 0.432. The molecular formula is C30H33ClN2O3. The monoisotopic (exact) mass is 504 g/mol. The zero-order valence-electron chi connectivity index (χ0n) is 20.9. The van der Waals surface area contributed by atoms with Gasteiger partial charge in [-0.05, 0) is 80.6 Å². The van der Waals surface area contributed by atoms with Gasteiger partial charge in [0.05, 0.1) is 17.4 Å². The number of aliphatic hydroxyl groups is 1. The Morgan fingerprint density at radius 1 is 1.11 bits per heavy atom. The van der Waals surface area contributed by atoms with E-state index in [0.29, 0.717) is 24.5 Å². The summed E-state index contributed by atoms with van der Waals surface area (Å²) < 4.78 is 12.1. The van der Waals surface area contributed by atoms with Gasteiger partial charge in [-0.2, -0.15) is 0 Å². The van der Waals surface area contributed by atoms with Crippen LogP contribution in [0.25, 0.3) is 5.57 Å². The Morgan fingerprint density at radius 3 is 2.64 bits per heavy atom. The van der Waals surface area contributed by atoms with Crippen molar-refractivity contribution in [2.75, 3.05) is 19.6 Å². The van der Waals surface area contributed by atoms with E-state index in [9.17, 15) is 5.11 Å². The van der Waals surface area contributed by atoms with Crippen LogP contribution in [0.15, 0.2) is 66.9 Å². The lowest BCUT2D eigenvalue weighted by atomic mass is 9.84. The first-order valence-corrected chi connectivity index (χ1v) is 13.1. The molecule has 3 heterocycles. The van der Waals surface area contributed by atoms with Gasteiger partial charge in [-0.3, -0.25) is 4.98 Å². The molecule has 2 aromatic carbocycles. The lowest BCUT2D eigenvalue weighted by Crippen LogP contribution is -2.42. The molecule has 5 rings (SSSR count). The number of hydrogen-bond donors (Lipinski definition) is 1. The molecule has 6 heteroatoms. The highest BCUT2D eigenvalue weighted by molar-refractivity contribution is 6.30. The lowest BCUT2D eigenvalue weighted by Gasteiger charge is -2.38. The van der Waals surface area contributed by atoms with Crippen LogP contribution in [0.2, 0.25) is 5.02 Å². The summed E-state index contributed by atoms with van der Waals surface area (Å²) in [6.45, 7) is 7.14. The average Bonchev–Trinajstić information content (AvgIpc) is 3.02. The van der Waals surface area contributed by atoms with Crippen LogP contribution in [-0.4, -0.2) is 40.7 Å². The molecule has 0 saturated carbocycles. The van der Waals surface area contributed by atoms with Crippen LogP contribution in [0.1, 0.15) is 55.5 Å². The molecule has 188 valence electrons. The minimum absolute atomic E-state index is 0.0988. The standard InChI is InChI=1S/C30H33ClN2O3/c1-21(2)36-24-11-12-29-27(19-24)25(26-5-3-15-32-28(26)20-35-29)6-4-16-33-17-13-30(34,14-18-33)22-7-9-23(31)10-8-22/h3,5-12,15,19,21,34H,4,13-14,16-18,20H2,1-2H3/b25-6+. The van der Waals surface area contributed by atoms with Gasteiger partial charge in [0.2, 0.25) is 0 Å². The third-order valence-electron chi connectivity index (χ3n) is 7.02. The van der Waals surface area contributed by atoms with Gasteiger partial charge in [-0.15, -0.1) is 0 Å². The van der Waals surface area contributed by atoms with Crippen molar-refractivity contribution in [1.82, 2.24) is 9.88 Å². The maximum Gasteiger partial charge on any atom is 0.131 e. The number of piperidine rings is 1. The summed E-state index contributed by atoms with van der Waals surface area (Å²) in [7, 11) is 0. The topological polar surface area (TPSA) is 54.8 Å². The van der Waals surface area contributed by atoms with Crippen molar-refractivity contribution in [2.45, 2.75) is 51.4 Å². The summed E-state index contributed by atoms with van der Waals surface area (Å²) in [5, 5.41) is 11.9. The summed E-state index contributed by atoms with van der Waals surface area (Å²) in [5.41, 5.74) is 4.39. The summed E-state index contributed by atoms with van der Waals surface area (Å²) in [6.07, 6.45) is 6.53. The fraction of sp³-hybridized carbons (Fsp3) is 0.367. The molecule has 5 nitrogen and oxygen atoms in total. The smallest absolute Gasteiger partial charge is 0.131 e. The van der Waals surface area contributed by atoms with E-state index in [-0.39, 0.29) is 6.10 Å². The summed E-state index contributed by atoms with van der Waals surface area (Å²) in [4.78, 5) is 7.02. The van der Waals surface area contributed by atoms with E-state index in [1.807, 2.05) is 62.5 Å². The molecular weight excluding hydrogens is 472 g/mol. The maximum absolute atomic E-state index is 11.2. The fourth-order valence-electron chi connectivity index (χ4n) is 5.09. The minimum atomic E-state index is -0.783. The molecule has 0 unspecified atom stereocenters. The van der Waals surface area contributed by atoms with Crippen LogP contribution in [0.3, 0.4) is 0 Å². The third-order valence-corrected chi connectivity index (χ3v) is 7.27. The molecule has 36 heavy (non-hydrogen) atoms. The first-order chi connectivity index (χ1) is 17.4. The maximum atomic E-state index is 11.2. The summed E-state index contributed by atoms with van der Waals surface area (Å²) >= 11 is 6.03. The van der Waals surface area contributed by atoms with Crippen molar-refractivity contribution < 1.29 is 14.6 Å². The zero-order chi connectivity index (χ0) is 25.1. The van der Waals surface area contributed by atoms with Crippen LogP contribution >= 0.6 is 11.6 Å². The number of ether oxygens (including phenoxy) is 2. The van der Waals surface area contributed by atoms with E-state index in [1.54, 1.807) is 0 Å². The van der Waals surface area contributed by atoms with Crippen molar-refractivity contribution in [3.8, 4) is 11.5 Å². The second kappa shape index (κ2) is 10.6. The van der Waals surface area contributed by atoms with Crippen LogP contribution in [-0.2, 0) is 12.2 Å². The molecule has 0 aliphatic carbocycles. The van der Waals surface area contributed by atoms with Gasteiger partial charge in [-0.25, -0.2) is 0 Å². The van der Waals surface area contributed by atoms with E-state index >= 15 is 0 Å². The number of halogens is 1.